The molecule has 0 saturated heterocycles. The first-order valence-electron chi connectivity index (χ1n) is 17.3. The third-order valence-corrected chi connectivity index (χ3v) is 11.7. The van der Waals surface area contributed by atoms with E-state index in [1.807, 2.05) is 0 Å². The van der Waals surface area contributed by atoms with Crippen LogP contribution in [0.25, 0.3) is 33.4 Å². The Kier molecular flexibility index (Phi) is 6.42. The van der Waals surface area contributed by atoms with Crippen molar-refractivity contribution in [3.63, 3.8) is 0 Å². The lowest BCUT2D eigenvalue weighted by atomic mass is 9.58. The first kappa shape index (κ1) is 27.6. The van der Waals surface area contributed by atoms with Gasteiger partial charge in [0.25, 0.3) is 0 Å². The summed E-state index contributed by atoms with van der Waals surface area (Å²) in [6.45, 7) is 2.34. The minimum absolute atomic E-state index is 0.0788. The average Bonchev–Trinajstić information content (AvgIpc) is 3.68. The van der Waals surface area contributed by atoms with Crippen LogP contribution in [-0.2, 0) is 10.8 Å². The summed E-state index contributed by atoms with van der Waals surface area (Å²) in [6.07, 6.45) is 7.00. The van der Waals surface area contributed by atoms with Gasteiger partial charge in [-0.2, -0.15) is 0 Å². The van der Waals surface area contributed by atoms with Crippen LogP contribution in [0.4, 0.5) is 0 Å². The molecule has 224 valence electrons. The van der Waals surface area contributed by atoms with Gasteiger partial charge in [-0.1, -0.05) is 172 Å². The van der Waals surface area contributed by atoms with Gasteiger partial charge in [0.05, 0.1) is 0 Å². The first-order valence-corrected chi connectivity index (χ1v) is 17.3. The Bertz CT molecular complexity index is 1960. The number of fused-ring (bicyclic) bond motifs is 9. The van der Waals surface area contributed by atoms with Crippen LogP contribution in [0.3, 0.4) is 0 Å². The van der Waals surface area contributed by atoms with E-state index in [4.69, 9.17) is 0 Å². The van der Waals surface area contributed by atoms with Crippen LogP contribution in [0.2, 0.25) is 0 Å². The highest BCUT2D eigenvalue weighted by Gasteiger charge is 2.53. The molecule has 9 rings (SSSR count). The minimum Gasteiger partial charge on any atom is -0.0654 e. The van der Waals surface area contributed by atoms with E-state index in [2.05, 4.69) is 153 Å². The zero-order valence-corrected chi connectivity index (χ0v) is 26.7. The normalized spacial score (nSPS) is 15.8. The summed E-state index contributed by atoms with van der Waals surface area (Å²) in [5, 5.41) is 0. The molecule has 6 aromatic rings. The molecule has 3 aliphatic rings. The third-order valence-electron chi connectivity index (χ3n) is 11.7. The van der Waals surface area contributed by atoms with E-state index in [-0.39, 0.29) is 10.8 Å². The molecular weight excluding hydrogens is 553 g/mol. The highest BCUT2D eigenvalue weighted by molar-refractivity contribution is 5.85. The molecular formula is C46H40. The van der Waals surface area contributed by atoms with Crippen molar-refractivity contribution in [2.45, 2.75) is 62.2 Å². The van der Waals surface area contributed by atoms with Crippen molar-refractivity contribution < 1.29 is 0 Å². The first-order chi connectivity index (χ1) is 22.7. The van der Waals surface area contributed by atoms with Gasteiger partial charge in [0, 0.05) is 16.7 Å². The van der Waals surface area contributed by atoms with Crippen LogP contribution in [-0.4, -0.2) is 0 Å². The molecule has 6 aromatic carbocycles. The van der Waals surface area contributed by atoms with Crippen LogP contribution in [0, 0.1) is 0 Å². The Balaban J connectivity index is 1.32. The SMILES string of the molecule is CCCCCC1(CC2(CC3c4ccccc4-c4ccccc43)c3ccccc3-c3ccccc32)c2ccccc2-c2ccccc21. The summed E-state index contributed by atoms with van der Waals surface area (Å²) in [6, 6.07) is 55.9. The summed E-state index contributed by atoms with van der Waals surface area (Å²) < 4.78 is 0. The fraction of sp³-hybridized carbons (Fsp3) is 0.217. The van der Waals surface area contributed by atoms with Crippen LogP contribution < -0.4 is 0 Å². The molecule has 0 N–H and O–H groups in total. The number of hydrogen-bond donors (Lipinski definition) is 0. The predicted molar refractivity (Wildman–Crippen MR) is 192 cm³/mol. The Morgan fingerprint density at radius 1 is 0.413 bits per heavy atom. The molecule has 0 radical (unpaired) electrons. The van der Waals surface area contributed by atoms with Gasteiger partial charge in [0.1, 0.15) is 0 Å². The zero-order chi connectivity index (χ0) is 30.7. The second kappa shape index (κ2) is 10.7. The van der Waals surface area contributed by atoms with E-state index in [0.29, 0.717) is 5.92 Å². The second-order valence-corrected chi connectivity index (χ2v) is 13.9. The third kappa shape index (κ3) is 3.86. The number of rotatable bonds is 8. The molecule has 0 nitrogen and oxygen atoms in total. The van der Waals surface area contributed by atoms with Gasteiger partial charge in [-0.05, 0) is 86.0 Å². The summed E-state index contributed by atoms with van der Waals surface area (Å²) >= 11 is 0. The van der Waals surface area contributed by atoms with Crippen molar-refractivity contribution in [2.75, 3.05) is 0 Å². The van der Waals surface area contributed by atoms with E-state index < -0.39 is 0 Å². The van der Waals surface area contributed by atoms with Crippen LogP contribution in [0.1, 0.15) is 84.7 Å². The zero-order valence-electron chi connectivity index (χ0n) is 26.7. The van der Waals surface area contributed by atoms with Crippen molar-refractivity contribution >= 4 is 0 Å². The van der Waals surface area contributed by atoms with Crippen LogP contribution in [0.5, 0.6) is 0 Å². The van der Waals surface area contributed by atoms with Crippen LogP contribution in [0.15, 0.2) is 146 Å². The Hall–Kier alpha value is -4.68. The molecule has 0 amide bonds. The molecule has 0 aliphatic heterocycles. The second-order valence-electron chi connectivity index (χ2n) is 13.9. The Morgan fingerprint density at radius 3 is 1.22 bits per heavy atom. The van der Waals surface area contributed by atoms with Gasteiger partial charge in [-0.3, -0.25) is 0 Å². The van der Waals surface area contributed by atoms with E-state index in [1.165, 1.54) is 92.4 Å². The molecule has 0 saturated carbocycles. The summed E-state index contributed by atoms with van der Waals surface area (Å²) in [5.41, 5.74) is 17.3. The molecule has 0 heteroatoms. The molecule has 46 heavy (non-hydrogen) atoms. The lowest BCUT2D eigenvalue weighted by Gasteiger charge is -2.44. The summed E-state index contributed by atoms with van der Waals surface area (Å²) in [7, 11) is 0. The summed E-state index contributed by atoms with van der Waals surface area (Å²) in [5.74, 6) is 0.325. The molecule has 0 atom stereocenters. The average molecular weight is 593 g/mol. The van der Waals surface area contributed by atoms with E-state index in [9.17, 15) is 0 Å². The maximum Gasteiger partial charge on any atom is 0.0235 e. The topological polar surface area (TPSA) is 0 Å². The number of unbranched alkanes of at least 4 members (excludes halogenated alkanes) is 2. The highest BCUT2D eigenvalue weighted by Crippen LogP contribution is 2.64. The maximum atomic E-state index is 2.47. The van der Waals surface area contributed by atoms with Crippen molar-refractivity contribution in [3.8, 4) is 33.4 Å². The van der Waals surface area contributed by atoms with Gasteiger partial charge in [0.2, 0.25) is 0 Å². The lowest BCUT2D eigenvalue weighted by Crippen LogP contribution is -2.39. The minimum atomic E-state index is -0.167. The fourth-order valence-electron chi connectivity index (χ4n) is 9.88. The maximum absolute atomic E-state index is 2.47. The number of hydrogen-bond acceptors (Lipinski definition) is 0. The monoisotopic (exact) mass is 592 g/mol. The standard InChI is InChI=1S/C46H40/c1-2-3-16-29-45(41-25-12-8-21-36(41)37-22-9-13-26-42(37)45)31-46(43-27-14-10-23-38(43)39-24-11-15-28-44(39)46)30-40-34-19-6-4-17-32(34)33-18-5-7-20-35(33)40/h4-15,17-28,40H,2-3,16,29-31H2,1H3. The molecule has 0 spiro atoms. The quantitative estimate of drug-likeness (QED) is 0.154. The highest BCUT2D eigenvalue weighted by atomic mass is 14.6. The van der Waals surface area contributed by atoms with Crippen LogP contribution >= 0.6 is 0 Å². The molecule has 0 fully saturated rings. The van der Waals surface area contributed by atoms with Gasteiger partial charge < -0.3 is 0 Å². The van der Waals surface area contributed by atoms with E-state index in [0.717, 1.165) is 12.8 Å². The molecule has 0 heterocycles. The predicted octanol–water partition coefficient (Wildman–Crippen LogP) is 12.1. The number of benzene rings is 6. The van der Waals surface area contributed by atoms with Gasteiger partial charge in [-0.25, -0.2) is 0 Å². The fourth-order valence-corrected chi connectivity index (χ4v) is 9.88. The van der Waals surface area contributed by atoms with Gasteiger partial charge in [0.15, 0.2) is 0 Å². The van der Waals surface area contributed by atoms with Crippen molar-refractivity contribution in [2.24, 2.45) is 0 Å². The molecule has 0 aromatic heterocycles. The summed E-state index contributed by atoms with van der Waals surface area (Å²) in [4.78, 5) is 0. The van der Waals surface area contributed by atoms with Gasteiger partial charge >= 0.3 is 0 Å². The van der Waals surface area contributed by atoms with Gasteiger partial charge in [-0.15, -0.1) is 0 Å². The van der Waals surface area contributed by atoms with E-state index in [1.54, 1.807) is 0 Å². The largest absolute Gasteiger partial charge is 0.0654 e. The van der Waals surface area contributed by atoms with Crippen molar-refractivity contribution in [1.29, 1.82) is 0 Å². The molecule has 0 unspecified atom stereocenters. The Labute approximate surface area is 273 Å². The lowest BCUT2D eigenvalue weighted by molar-refractivity contribution is 0.311. The Morgan fingerprint density at radius 2 is 0.783 bits per heavy atom. The van der Waals surface area contributed by atoms with Crippen molar-refractivity contribution in [1.82, 2.24) is 0 Å². The molecule has 3 aliphatic carbocycles. The van der Waals surface area contributed by atoms with Crippen molar-refractivity contribution in [3.05, 3.63) is 179 Å². The smallest absolute Gasteiger partial charge is 0.0235 e. The van der Waals surface area contributed by atoms with E-state index >= 15 is 0 Å². The molecule has 0 bridgehead atoms.